The Morgan fingerprint density at radius 1 is 0.719 bits per heavy atom. The Balaban J connectivity index is 2.21. The number of nitrogens with one attached hydrogen (secondary N) is 2. The van der Waals surface area contributed by atoms with Crippen LogP contribution in [0.3, 0.4) is 0 Å². The van der Waals surface area contributed by atoms with E-state index in [1.54, 1.807) is 49.6 Å². The van der Waals surface area contributed by atoms with E-state index < -0.39 is 0 Å². The summed E-state index contributed by atoms with van der Waals surface area (Å²) in [5.41, 5.74) is 3.79. The van der Waals surface area contributed by atoms with Gasteiger partial charge in [-0.1, -0.05) is 18.2 Å². The summed E-state index contributed by atoms with van der Waals surface area (Å²) in [6.07, 6.45) is 0. The minimum Gasteiger partial charge on any atom is -0.496 e. The lowest BCUT2D eigenvalue weighted by atomic mass is 9.97. The first kappa shape index (κ1) is 22.7. The number of hydrogen-bond acceptors (Lipinski definition) is 5. The largest absolute Gasteiger partial charge is 0.496 e. The minimum absolute atomic E-state index is 0.237. The van der Waals surface area contributed by atoms with Crippen LogP contribution in [-0.4, -0.2) is 33.1 Å². The molecular formula is C25H26N2O5. The summed E-state index contributed by atoms with van der Waals surface area (Å²) < 4.78 is 16.3. The molecule has 0 atom stereocenters. The third-order valence-electron chi connectivity index (χ3n) is 4.94. The van der Waals surface area contributed by atoms with E-state index in [-0.39, 0.29) is 11.8 Å². The van der Waals surface area contributed by atoms with E-state index in [9.17, 15) is 9.59 Å². The highest BCUT2D eigenvalue weighted by Crippen LogP contribution is 2.43. The fourth-order valence-electron chi connectivity index (χ4n) is 3.41. The molecule has 0 aromatic heterocycles. The molecule has 0 bridgehead atoms. The molecule has 0 aliphatic rings. The fourth-order valence-corrected chi connectivity index (χ4v) is 3.41. The number of benzene rings is 3. The van der Waals surface area contributed by atoms with Gasteiger partial charge in [-0.3, -0.25) is 9.59 Å². The highest BCUT2D eigenvalue weighted by molar-refractivity contribution is 6.07. The van der Waals surface area contributed by atoms with E-state index in [0.29, 0.717) is 45.3 Å². The van der Waals surface area contributed by atoms with Crippen molar-refractivity contribution in [2.24, 2.45) is 0 Å². The third kappa shape index (κ3) is 4.83. The summed E-state index contributed by atoms with van der Waals surface area (Å²) in [6.45, 7) is 3.34. The van der Waals surface area contributed by atoms with Gasteiger partial charge in [-0.25, -0.2) is 0 Å². The Hall–Kier alpha value is -4.00. The monoisotopic (exact) mass is 434 g/mol. The van der Waals surface area contributed by atoms with Crippen molar-refractivity contribution in [2.45, 2.75) is 13.8 Å². The van der Waals surface area contributed by atoms with Gasteiger partial charge in [0.2, 0.25) is 5.91 Å². The molecule has 0 unspecified atom stereocenters. The van der Waals surface area contributed by atoms with Gasteiger partial charge >= 0.3 is 0 Å². The Kier molecular flexibility index (Phi) is 7.00. The number of hydrogen-bond donors (Lipinski definition) is 2. The number of aryl methyl sites for hydroxylation is 1. The smallest absolute Gasteiger partial charge is 0.255 e. The summed E-state index contributed by atoms with van der Waals surface area (Å²) in [5.74, 6) is 1.09. The SMILES string of the molecule is COc1cc(NC(=O)c2ccccc2)c(-c2cc(OC)c(OC)cc2NC(C)=O)cc1C. The Labute approximate surface area is 187 Å². The summed E-state index contributed by atoms with van der Waals surface area (Å²) in [6, 6.07) is 16.0. The summed E-state index contributed by atoms with van der Waals surface area (Å²) in [7, 11) is 4.64. The Bertz CT molecular complexity index is 1140. The van der Waals surface area contributed by atoms with E-state index in [1.807, 2.05) is 19.1 Å². The van der Waals surface area contributed by atoms with Gasteiger partial charge in [0, 0.05) is 35.7 Å². The van der Waals surface area contributed by atoms with Crippen LogP contribution in [-0.2, 0) is 4.79 Å². The van der Waals surface area contributed by atoms with Crippen LogP contribution in [0, 0.1) is 6.92 Å². The summed E-state index contributed by atoms with van der Waals surface area (Å²) in [5, 5.41) is 5.81. The molecule has 166 valence electrons. The quantitative estimate of drug-likeness (QED) is 0.553. The summed E-state index contributed by atoms with van der Waals surface area (Å²) >= 11 is 0. The highest BCUT2D eigenvalue weighted by Gasteiger charge is 2.19. The maximum absolute atomic E-state index is 12.9. The zero-order chi connectivity index (χ0) is 23.3. The first-order chi connectivity index (χ1) is 15.4. The first-order valence-corrected chi connectivity index (χ1v) is 9.97. The van der Waals surface area contributed by atoms with E-state index in [2.05, 4.69) is 10.6 Å². The van der Waals surface area contributed by atoms with Crippen molar-refractivity contribution in [2.75, 3.05) is 32.0 Å². The molecule has 0 saturated heterocycles. The number of carbonyl (C=O) groups is 2. The Morgan fingerprint density at radius 2 is 1.25 bits per heavy atom. The standard InChI is InChI=1S/C25H26N2O5/c1-15-11-18(19-12-23(31-4)24(32-5)14-20(19)26-16(2)28)21(13-22(15)30-3)27-25(29)17-9-7-6-8-10-17/h6-14H,1-5H3,(H,26,28)(H,27,29). The van der Waals surface area contributed by atoms with Crippen molar-refractivity contribution < 1.29 is 23.8 Å². The average Bonchev–Trinajstić information content (AvgIpc) is 2.79. The van der Waals surface area contributed by atoms with Gasteiger partial charge in [0.25, 0.3) is 5.91 Å². The van der Waals surface area contributed by atoms with Gasteiger partial charge in [-0.15, -0.1) is 0 Å². The average molecular weight is 434 g/mol. The van der Waals surface area contributed by atoms with Crippen LogP contribution >= 0.6 is 0 Å². The molecule has 0 aliphatic carbocycles. The third-order valence-corrected chi connectivity index (χ3v) is 4.94. The molecule has 0 aliphatic heterocycles. The molecule has 2 amide bonds. The van der Waals surface area contributed by atoms with Crippen LogP contribution in [0.25, 0.3) is 11.1 Å². The second kappa shape index (κ2) is 9.87. The number of ether oxygens (including phenoxy) is 3. The molecule has 0 radical (unpaired) electrons. The molecule has 0 spiro atoms. The van der Waals surface area contributed by atoms with Crippen molar-refractivity contribution >= 4 is 23.2 Å². The van der Waals surface area contributed by atoms with Crippen molar-refractivity contribution in [1.29, 1.82) is 0 Å². The second-order valence-electron chi connectivity index (χ2n) is 7.12. The molecule has 32 heavy (non-hydrogen) atoms. The zero-order valence-corrected chi connectivity index (χ0v) is 18.7. The topological polar surface area (TPSA) is 85.9 Å². The molecule has 7 nitrogen and oxygen atoms in total. The molecule has 2 N–H and O–H groups in total. The number of rotatable bonds is 7. The maximum atomic E-state index is 12.9. The number of methoxy groups -OCH3 is 3. The summed E-state index contributed by atoms with van der Waals surface area (Å²) in [4.78, 5) is 24.8. The lowest BCUT2D eigenvalue weighted by Gasteiger charge is -2.20. The molecule has 7 heteroatoms. The number of carbonyl (C=O) groups excluding carboxylic acids is 2. The van der Waals surface area contributed by atoms with Gasteiger partial charge in [0.05, 0.1) is 32.7 Å². The predicted octanol–water partition coefficient (Wildman–Crippen LogP) is 4.90. The van der Waals surface area contributed by atoms with Crippen LogP contribution in [0.4, 0.5) is 11.4 Å². The fraction of sp³-hybridized carbons (Fsp3) is 0.200. The van der Waals surface area contributed by atoms with Crippen molar-refractivity contribution in [3.05, 3.63) is 65.7 Å². The van der Waals surface area contributed by atoms with E-state index >= 15 is 0 Å². The highest BCUT2D eigenvalue weighted by atomic mass is 16.5. The van der Waals surface area contributed by atoms with Crippen molar-refractivity contribution in [1.82, 2.24) is 0 Å². The van der Waals surface area contributed by atoms with Crippen LogP contribution in [0.15, 0.2) is 54.6 Å². The molecule has 3 aromatic rings. The van der Waals surface area contributed by atoms with Gasteiger partial charge in [0.1, 0.15) is 5.75 Å². The second-order valence-corrected chi connectivity index (χ2v) is 7.12. The van der Waals surface area contributed by atoms with Crippen LogP contribution in [0.1, 0.15) is 22.8 Å². The lowest BCUT2D eigenvalue weighted by Crippen LogP contribution is -2.13. The molecule has 0 heterocycles. The Morgan fingerprint density at radius 3 is 1.84 bits per heavy atom. The van der Waals surface area contributed by atoms with E-state index in [0.717, 1.165) is 5.56 Å². The molecule has 3 aromatic carbocycles. The predicted molar refractivity (Wildman–Crippen MR) is 125 cm³/mol. The molecule has 0 fully saturated rings. The number of amides is 2. The lowest BCUT2D eigenvalue weighted by molar-refractivity contribution is -0.114. The zero-order valence-electron chi connectivity index (χ0n) is 18.7. The van der Waals surface area contributed by atoms with Crippen molar-refractivity contribution in [3.63, 3.8) is 0 Å². The van der Waals surface area contributed by atoms with Gasteiger partial charge < -0.3 is 24.8 Å². The minimum atomic E-state index is -0.265. The van der Waals surface area contributed by atoms with Crippen LogP contribution < -0.4 is 24.8 Å². The van der Waals surface area contributed by atoms with Gasteiger partial charge in [-0.05, 0) is 36.8 Å². The van der Waals surface area contributed by atoms with Crippen LogP contribution in [0.2, 0.25) is 0 Å². The van der Waals surface area contributed by atoms with Gasteiger partial charge in [-0.2, -0.15) is 0 Å². The normalized spacial score (nSPS) is 10.3. The molecular weight excluding hydrogens is 408 g/mol. The molecule has 3 rings (SSSR count). The van der Waals surface area contributed by atoms with E-state index in [4.69, 9.17) is 14.2 Å². The first-order valence-electron chi connectivity index (χ1n) is 9.97. The van der Waals surface area contributed by atoms with E-state index in [1.165, 1.54) is 21.1 Å². The maximum Gasteiger partial charge on any atom is 0.255 e. The van der Waals surface area contributed by atoms with Crippen LogP contribution in [0.5, 0.6) is 17.2 Å². The van der Waals surface area contributed by atoms with Gasteiger partial charge in [0.15, 0.2) is 11.5 Å². The number of anilines is 2. The molecule has 0 saturated carbocycles. The van der Waals surface area contributed by atoms with Crippen molar-refractivity contribution in [3.8, 4) is 28.4 Å².